The summed E-state index contributed by atoms with van der Waals surface area (Å²) in [5, 5.41) is 6.16. The van der Waals surface area contributed by atoms with E-state index in [0.717, 1.165) is 31.8 Å². The van der Waals surface area contributed by atoms with E-state index in [0.29, 0.717) is 32.3 Å². The van der Waals surface area contributed by atoms with Crippen LogP contribution in [0.3, 0.4) is 0 Å². The van der Waals surface area contributed by atoms with Crippen LogP contribution in [0.15, 0.2) is 0 Å². The second-order valence-corrected chi connectivity index (χ2v) is 12.0. The molecule has 2 atom stereocenters. The maximum atomic E-state index is 12.5. The number of ether oxygens (including phenoxy) is 2. The smallest absolute Gasteiger partial charge is 0.410 e. The fourth-order valence-corrected chi connectivity index (χ4v) is 6.32. The molecule has 8 heteroatoms. The van der Waals surface area contributed by atoms with E-state index in [1.54, 1.807) is 0 Å². The molecule has 4 fully saturated rings. The number of hydrogen-bond donors (Lipinski definition) is 2. The van der Waals surface area contributed by atoms with Crippen molar-refractivity contribution in [1.29, 1.82) is 0 Å². The lowest BCUT2D eigenvalue weighted by Gasteiger charge is -2.38. The minimum Gasteiger partial charge on any atom is -0.444 e. The molecule has 1 spiro atoms. The maximum Gasteiger partial charge on any atom is 0.410 e. The van der Waals surface area contributed by atoms with Crippen molar-refractivity contribution >= 4 is 12.1 Å². The van der Waals surface area contributed by atoms with E-state index in [2.05, 4.69) is 15.5 Å². The molecule has 0 aromatic heterocycles. The number of hydrogen-bond acceptors (Lipinski definition) is 5. The molecule has 3 heterocycles. The fourth-order valence-electron chi connectivity index (χ4n) is 6.32. The number of amides is 3. The lowest BCUT2D eigenvalue weighted by molar-refractivity contribution is 0.00790. The topological polar surface area (TPSA) is 83.1 Å². The van der Waals surface area contributed by atoms with Gasteiger partial charge in [-0.2, -0.15) is 0 Å². The first kappa shape index (κ1) is 25.5. The van der Waals surface area contributed by atoms with Crippen LogP contribution in [0, 0.1) is 5.41 Å². The minimum absolute atomic E-state index is 0.0454. The van der Waals surface area contributed by atoms with Gasteiger partial charge in [0.05, 0.1) is 12.7 Å². The van der Waals surface area contributed by atoms with Gasteiger partial charge in [0.25, 0.3) is 0 Å². The highest BCUT2D eigenvalue weighted by atomic mass is 16.6. The third-order valence-electron chi connectivity index (χ3n) is 8.22. The van der Waals surface area contributed by atoms with Gasteiger partial charge in [-0.05, 0) is 77.7 Å². The van der Waals surface area contributed by atoms with E-state index >= 15 is 0 Å². The summed E-state index contributed by atoms with van der Waals surface area (Å²) in [7, 11) is 0. The number of carbonyl (C=O) groups is 2. The highest BCUT2D eigenvalue weighted by Gasteiger charge is 2.43. The minimum atomic E-state index is -0.466. The van der Waals surface area contributed by atoms with Crippen molar-refractivity contribution in [3.05, 3.63) is 0 Å². The van der Waals surface area contributed by atoms with E-state index in [1.807, 2.05) is 25.7 Å². The Hall–Kier alpha value is -1.54. The van der Waals surface area contributed by atoms with Gasteiger partial charge in [-0.1, -0.05) is 19.3 Å². The first-order valence-electron chi connectivity index (χ1n) is 13.6. The molecule has 3 aliphatic heterocycles. The van der Waals surface area contributed by atoms with Crippen LogP contribution >= 0.6 is 0 Å². The number of urea groups is 1. The molecule has 2 N–H and O–H groups in total. The van der Waals surface area contributed by atoms with Crippen molar-refractivity contribution in [2.24, 2.45) is 5.41 Å². The van der Waals surface area contributed by atoms with Crippen LogP contribution in [0.4, 0.5) is 9.59 Å². The van der Waals surface area contributed by atoms with Gasteiger partial charge < -0.3 is 25.0 Å². The monoisotopic (exact) mass is 478 g/mol. The Morgan fingerprint density at radius 3 is 2.38 bits per heavy atom. The predicted octanol–water partition coefficient (Wildman–Crippen LogP) is 3.89. The first-order valence-corrected chi connectivity index (χ1v) is 13.6. The standard InChI is InChI=1S/C26H46N4O4/c1-25(2,3)34-24(32)29-14-11-26(12-15-29)16-22(33-19-26)18-28-23(31)27-17-21-10-7-13-30(21)20-8-5-4-6-9-20/h20-22H,4-19H2,1-3H3,(H2,27,28,31). The summed E-state index contributed by atoms with van der Waals surface area (Å²) in [6.07, 6.45) is 11.8. The first-order chi connectivity index (χ1) is 16.2. The number of rotatable bonds is 5. The van der Waals surface area contributed by atoms with Crippen LogP contribution in [0.2, 0.25) is 0 Å². The maximum absolute atomic E-state index is 12.5. The van der Waals surface area contributed by atoms with Crippen molar-refractivity contribution in [2.45, 2.75) is 109 Å². The second kappa shape index (κ2) is 11.0. The molecule has 3 saturated heterocycles. The van der Waals surface area contributed by atoms with Crippen LogP contribution in [-0.2, 0) is 9.47 Å². The molecular formula is C26H46N4O4. The van der Waals surface area contributed by atoms with Gasteiger partial charge in [0, 0.05) is 38.3 Å². The van der Waals surface area contributed by atoms with Crippen LogP contribution in [0.1, 0.15) is 85.0 Å². The number of nitrogens with zero attached hydrogens (tertiary/aromatic N) is 2. The largest absolute Gasteiger partial charge is 0.444 e. The van der Waals surface area contributed by atoms with E-state index in [1.165, 1.54) is 51.5 Å². The number of likely N-dealkylation sites (tertiary alicyclic amines) is 2. The Morgan fingerprint density at radius 1 is 0.971 bits per heavy atom. The van der Waals surface area contributed by atoms with Crippen molar-refractivity contribution in [1.82, 2.24) is 20.4 Å². The third-order valence-corrected chi connectivity index (χ3v) is 8.22. The lowest BCUT2D eigenvalue weighted by Crippen LogP contribution is -2.48. The van der Waals surface area contributed by atoms with Gasteiger partial charge in [-0.15, -0.1) is 0 Å². The van der Waals surface area contributed by atoms with E-state index < -0.39 is 5.60 Å². The normalized spacial score (nSPS) is 28.3. The number of piperidine rings is 1. The van der Waals surface area contributed by atoms with Crippen LogP contribution in [0.25, 0.3) is 0 Å². The quantitative estimate of drug-likeness (QED) is 0.626. The van der Waals surface area contributed by atoms with Gasteiger partial charge in [0.15, 0.2) is 0 Å². The van der Waals surface area contributed by atoms with Crippen molar-refractivity contribution in [2.75, 3.05) is 39.3 Å². The highest BCUT2D eigenvalue weighted by molar-refractivity contribution is 5.73. The predicted molar refractivity (Wildman–Crippen MR) is 132 cm³/mol. The van der Waals surface area contributed by atoms with Crippen molar-refractivity contribution < 1.29 is 19.1 Å². The van der Waals surface area contributed by atoms with E-state index in [9.17, 15) is 9.59 Å². The van der Waals surface area contributed by atoms with Crippen molar-refractivity contribution in [3.63, 3.8) is 0 Å². The average molecular weight is 479 g/mol. The highest BCUT2D eigenvalue weighted by Crippen LogP contribution is 2.42. The molecule has 4 aliphatic rings. The third kappa shape index (κ3) is 6.78. The molecule has 194 valence electrons. The summed E-state index contributed by atoms with van der Waals surface area (Å²) in [6.45, 7) is 10.3. The molecule has 1 aliphatic carbocycles. The molecular weight excluding hydrogens is 432 g/mol. The molecule has 0 radical (unpaired) electrons. The van der Waals surface area contributed by atoms with Gasteiger partial charge in [-0.25, -0.2) is 9.59 Å². The van der Waals surface area contributed by atoms with Crippen molar-refractivity contribution in [3.8, 4) is 0 Å². The summed E-state index contributed by atoms with van der Waals surface area (Å²) in [5.74, 6) is 0. The Morgan fingerprint density at radius 2 is 1.68 bits per heavy atom. The Kier molecular flexibility index (Phi) is 8.28. The Balaban J connectivity index is 1.14. The zero-order chi connectivity index (χ0) is 24.2. The SMILES string of the molecule is CC(C)(C)OC(=O)N1CCC2(CC1)COC(CNC(=O)NCC1CCCN1C1CCCCC1)C2. The lowest BCUT2D eigenvalue weighted by atomic mass is 9.77. The zero-order valence-corrected chi connectivity index (χ0v) is 21.6. The molecule has 1 saturated carbocycles. The summed E-state index contributed by atoms with van der Waals surface area (Å²) in [4.78, 5) is 29.3. The van der Waals surface area contributed by atoms with Gasteiger partial charge in [-0.3, -0.25) is 4.90 Å². The second-order valence-electron chi connectivity index (χ2n) is 12.0. The Bertz CT molecular complexity index is 695. The average Bonchev–Trinajstić information content (AvgIpc) is 3.43. The molecule has 2 unspecified atom stereocenters. The van der Waals surface area contributed by atoms with Gasteiger partial charge in [0.2, 0.25) is 0 Å². The van der Waals surface area contributed by atoms with Crippen LogP contribution < -0.4 is 10.6 Å². The zero-order valence-electron chi connectivity index (χ0n) is 21.6. The number of nitrogens with one attached hydrogen (secondary N) is 2. The molecule has 8 nitrogen and oxygen atoms in total. The summed E-state index contributed by atoms with van der Waals surface area (Å²) in [6, 6.07) is 1.12. The van der Waals surface area contributed by atoms with Crippen LogP contribution in [-0.4, -0.2) is 85.0 Å². The number of carbonyl (C=O) groups excluding carboxylic acids is 2. The van der Waals surface area contributed by atoms with Crippen LogP contribution in [0.5, 0.6) is 0 Å². The molecule has 4 rings (SSSR count). The summed E-state index contributed by atoms with van der Waals surface area (Å²) in [5.41, 5.74) is -0.350. The van der Waals surface area contributed by atoms with Gasteiger partial charge in [0.1, 0.15) is 5.60 Å². The van der Waals surface area contributed by atoms with Gasteiger partial charge >= 0.3 is 12.1 Å². The summed E-state index contributed by atoms with van der Waals surface area (Å²) >= 11 is 0. The molecule has 3 amide bonds. The fraction of sp³-hybridized carbons (Fsp3) is 0.923. The van der Waals surface area contributed by atoms with E-state index in [4.69, 9.17) is 9.47 Å². The molecule has 0 bridgehead atoms. The summed E-state index contributed by atoms with van der Waals surface area (Å²) < 4.78 is 11.6. The Labute approximate surface area is 205 Å². The molecule has 0 aromatic carbocycles. The molecule has 0 aromatic rings. The molecule has 34 heavy (non-hydrogen) atoms. The van der Waals surface area contributed by atoms with E-state index in [-0.39, 0.29) is 23.6 Å².